The fourth-order valence-corrected chi connectivity index (χ4v) is 5.05. The molecule has 0 atom stereocenters. The van der Waals surface area contributed by atoms with E-state index in [1.54, 1.807) is 27.4 Å². The zero-order chi connectivity index (χ0) is 23.8. The third kappa shape index (κ3) is 9.20. The Bertz CT molecular complexity index is 1130. The first kappa shape index (κ1) is 31.6. The first-order valence-corrected chi connectivity index (χ1v) is 13.3. The van der Waals surface area contributed by atoms with E-state index >= 15 is 0 Å². The molecule has 0 saturated heterocycles. The van der Waals surface area contributed by atoms with E-state index < -0.39 is 0 Å². The van der Waals surface area contributed by atoms with Crippen molar-refractivity contribution in [2.45, 2.75) is 59.3 Å². The molecule has 3 heteroatoms. The molecule has 0 unspecified atom stereocenters. The summed E-state index contributed by atoms with van der Waals surface area (Å²) in [5.41, 5.74) is 4.06. The van der Waals surface area contributed by atoms with E-state index in [2.05, 4.69) is 94.6 Å². The van der Waals surface area contributed by atoms with Crippen molar-refractivity contribution >= 4 is 36.9 Å². The summed E-state index contributed by atoms with van der Waals surface area (Å²) in [4.78, 5) is 0. The van der Waals surface area contributed by atoms with Crippen LogP contribution < -0.4 is 24.8 Å². The summed E-state index contributed by atoms with van der Waals surface area (Å²) in [5, 5.41) is 5.15. The van der Waals surface area contributed by atoms with Crippen molar-refractivity contribution in [1.29, 1.82) is 0 Å². The van der Waals surface area contributed by atoms with Gasteiger partial charge in [0, 0.05) is 0 Å². The van der Waals surface area contributed by atoms with E-state index in [1.165, 1.54) is 59.2 Å². The maximum absolute atomic E-state index is 3.82. The van der Waals surface area contributed by atoms with Gasteiger partial charge in [-0.15, -0.1) is 46.2 Å². The van der Waals surface area contributed by atoms with E-state index in [-0.39, 0.29) is 24.8 Å². The minimum absolute atomic E-state index is 0. The van der Waals surface area contributed by atoms with Crippen LogP contribution >= 0.6 is 0 Å². The summed E-state index contributed by atoms with van der Waals surface area (Å²) in [6.07, 6.45) is 19.6. The van der Waals surface area contributed by atoms with Crippen LogP contribution in [0.15, 0.2) is 73.3 Å². The summed E-state index contributed by atoms with van der Waals surface area (Å²) in [7, 11) is 0. The average Bonchev–Trinajstić information content (AvgIpc) is 3.48. The molecule has 0 aromatic heterocycles. The first-order chi connectivity index (χ1) is 15.8. The Kier molecular flexibility index (Phi) is 13.6. The van der Waals surface area contributed by atoms with Gasteiger partial charge in [-0.3, -0.25) is 6.08 Å². The van der Waals surface area contributed by atoms with Crippen LogP contribution in [-0.2, 0) is 24.2 Å². The van der Waals surface area contributed by atoms with Crippen molar-refractivity contribution in [1.82, 2.24) is 0 Å². The second kappa shape index (κ2) is 15.0. The Morgan fingerprint density at radius 3 is 1.69 bits per heavy atom. The number of allylic oxidation sites excluding steroid dienone is 4. The van der Waals surface area contributed by atoms with Crippen LogP contribution in [0.2, 0.25) is 0 Å². The third-order valence-corrected chi connectivity index (χ3v) is 7.48. The minimum atomic E-state index is 0. The summed E-state index contributed by atoms with van der Waals surface area (Å²) in [6, 6.07) is 15.1. The molecule has 1 saturated carbocycles. The molecule has 2 aliphatic carbocycles. The molecule has 0 heterocycles. The average molecular weight is 583 g/mol. The topological polar surface area (TPSA) is 0 Å². The van der Waals surface area contributed by atoms with Crippen LogP contribution in [-0.4, -0.2) is 3.21 Å². The summed E-state index contributed by atoms with van der Waals surface area (Å²) >= 11 is 1.69. The summed E-state index contributed by atoms with van der Waals surface area (Å²) in [5.74, 6) is 0. The van der Waals surface area contributed by atoms with Crippen molar-refractivity contribution in [3.05, 3.63) is 90.6 Å². The quantitative estimate of drug-likeness (QED) is 0.407. The maximum atomic E-state index is 3.82. The molecule has 1 fully saturated rings. The van der Waals surface area contributed by atoms with Crippen molar-refractivity contribution in [3.8, 4) is 0 Å². The molecule has 0 amide bonds. The molecule has 3 aromatic carbocycles. The van der Waals surface area contributed by atoms with Crippen molar-refractivity contribution < 1.29 is 49.0 Å². The fourth-order valence-electron chi connectivity index (χ4n) is 4.19. The summed E-state index contributed by atoms with van der Waals surface area (Å²) < 4.78 is 1.80. The Labute approximate surface area is 239 Å². The van der Waals surface area contributed by atoms with Crippen LogP contribution in [0.25, 0.3) is 33.7 Å². The molecule has 0 spiro atoms. The van der Waals surface area contributed by atoms with Gasteiger partial charge in [0.1, 0.15) is 0 Å². The Hall–Kier alpha value is -1.40. The zero-order valence-corrected chi connectivity index (χ0v) is 25.2. The van der Waals surface area contributed by atoms with Gasteiger partial charge in [0.15, 0.2) is 0 Å². The van der Waals surface area contributed by atoms with E-state index in [1.807, 2.05) is 12.2 Å². The number of hydrogen-bond donors (Lipinski definition) is 0. The Morgan fingerprint density at radius 1 is 0.857 bits per heavy atom. The molecule has 3 aromatic rings. The monoisotopic (exact) mass is 580 g/mol. The van der Waals surface area contributed by atoms with Gasteiger partial charge in [0.2, 0.25) is 0 Å². The number of halogens is 2. The SMILES string of the molecule is C=Cc1ccc2[cH-]c3ccc(C=C)cc3c2c1.CC(C)(C)C1=CC[C-]=C1.[Cl-].[Cl-].[Zr+2]=[C]1CCCCC1. The van der Waals surface area contributed by atoms with Crippen LogP contribution in [0.3, 0.4) is 0 Å². The first-order valence-electron chi connectivity index (χ1n) is 12.0. The second-order valence-electron chi connectivity index (χ2n) is 9.87. The molecule has 0 nitrogen and oxygen atoms in total. The van der Waals surface area contributed by atoms with E-state index in [9.17, 15) is 0 Å². The molecular formula is C32H36Cl2Zr-2. The number of benzene rings is 2. The van der Waals surface area contributed by atoms with Crippen molar-refractivity contribution in [2.75, 3.05) is 0 Å². The van der Waals surface area contributed by atoms with Gasteiger partial charge >= 0.3 is 59.5 Å². The zero-order valence-electron chi connectivity index (χ0n) is 21.3. The van der Waals surface area contributed by atoms with Crippen molar-refractivity contribution in [2.24, 2.45) is 5.41 Å². The molecule has 0 radical (unpaired) electrons. The van der Waals surface area contributed by atoms with Gasteiger partial charge in [-0.2, -0.15) is 11.6 Å². The summed E-state index contributed by atoms with van der Waals surface area (Å²) in [6.45, 7) is 14.3. The van der Waals surface area contributed by atoms with Crippen LogP contribution in [0.4, 0.5) is 0 Å². The second-order valence-corrected chi connectivity index (χ2v) is 11.6. The number of rotatable bonds is 2. The standard InChI is InChI=1S/C17H13.C9H13.C6H10.2ClH.Zr/c1-3-12-5-7-14-11-15-8-6-13(4-2)10-17(15)16(14)9-12;1-9(2,3)8-6-4-5-7-8;1-2-4-6-5-3-1;;;/h3-11H,1-2H2;6-7H,4H2,1-3H3;1-5H2;2*1H;/q2*-1;;;;+2/p-2. The molecule has 5 rings (SSSR count). The van der Waals surface area contributed by atoms with Gasteiger partial charge in [-0.1, -0.05) is 75.8 Å². The van der Waals surface area contributed by atoms with Gasteiger partial charge in [-0.05, 0) is 11.1 Å². The molecule has 0 aliphatic heterocycles. The molecule has 2 aliphatic rings. The number of fused-ring (bicyclic) bond motifs is 3. The van der Waals surface area contributed by atoms with Crippen LogP contribution in [0.1, 0.15) is 70.4 Å². The third-order valence-electron chi connectivity index (χ3n) is 6.25. The molecule has 0 bridgehead atoms. The predicted octanol–water partition coefficient (Wildman–Crippen LogP) is 3.40. The van der Waals surface area contributed by atoms with Crippen molar-refractivity contribution in [3.63, 3.8) is 0 Å². The van der Waals surface area contributed by atoms with Crippen LogP contribution in [0, 0.1) is 11.5 Å². The predicted molar refractivity (Wildman–Crippen MR) is 145 cm³/mol. The Balaban J connectivity index is 0.000000289. The number of hydrogen-bond acceptors (Lipinski definition) is 0. The van der Waals surface area contributed by atoms with Gasteiger partial charge in [0.25, 0.3) is 0 Å². The van der Waals surface area contributed by atoms with Gasteiger partial charge in [-0.25, -0.2) is 6.08 Å². The fraction of sp³-hybridized carbons (Fsp3) is 0.312. The molecule has 35 heavy (non-hydrogen) atoms. The van der Waals surface area contributed by atoms with E-state index in [0.717, 1.165) is 17.5 Å². The molecule has 0 N–H and O–H groups in total. The normalized spacial score (nSPS) is 14.5. The molecule has 184 valence electrons. The Morgan fingerprint density at radius 2 is 1.37 bits per heavy atom. The van der Waals surface area contributed by atoms with E-state index in [4.69, 9.17) is 0 Å². The van der Waals surface area contributed by atoms with E-state index in [0.29, 0.717) is 5.41 Å². The van der Waals surface area contributed by atoms with Gasteiger partial charge < -0.3 is 24.8 Å². The van der Waals surface area contributed by atoms with Gasteiger partial charge in [0.05, 0.1) is 0 Å². The van der Waals surface area contributed by atoms with Crippen LogP contribution in [0.5, 0.6) is 0 Å². The molecular weight excluding hydrogens is 546 g/mol.